The van der Waals surface area contributed by atoms with E-state index in [0.29, 0.717) is 0 Å². The maximum atomic E-state index is 6.37. The number of fused-ring (bicyclic) bond motifs is 5. The summed E-state index contributed by atoms with van der Waals surface area (Å²) in [5.41, 5.74) is 9.38. The van der Waals surface area contributed by atoms with Crippen molar-refractivity contribution >= 4 is 75.8 Å². The van der Waals surface area contributed by atoms with Gasteiger partial charge >= 0.3 is 0 Å². The average molecular weight is 621 g/mol. The van der Waals surface area contributed by atoms with Gasteiger partial charge in [-0.15, -0.1) is 0 Å². The van der Waals surface area contributed by atoms with E-state index in [1.807, 2.05) is 0 Å². The van der Waals surface area contributed by atoms with Crippen LogP contribution in [-0.4, -0.2) is 0 Å². The Morgan fingerprint density at radius 2 is 0.776 bits per heavy atom. The highest BCUT2D eigenvalue weighted by Crippen LogP contribution is 2.50. The molecule has 1 aromatic heterocycles. The summed E-state index contributed by atoms with van der Waals surface area (Å²) in [5.74, 6) is 0. The predicted octanol–water partition coefficient (Wildman–Crippen LogP) is 13.8. The molecule has 0 spiro atoms. The molecule has 1 nitrogen and oxygen atoms in total. The van der Waals surface area contributed by atoms with Crippen molar-refractivity contribution in [1.29, 1.82) is 0 Å². The lowest BCUT2D eigenvalue weighted by molar-refractivity contribution is 0.669. The molecule has 49 heavy (non-hydrogen) atoms. The average Bonchev–Trinajstić information content (AvgIpc) is 3.56. The molecule has 10 aromatic carbocycles. The van der Waals surface area contributed by atoms with Gasteiger partial charge in [0.2, 0.25) is 0 Å². The second kappa shape index (κ2) is 10.0. The lowest BCUT2D eigenvalue weighted by Crippen LogP contribution is -1.94. The van der Waals surface area contributed by atoms with Crippen molar-refractivity contribution in [2.24, 2.45) is 0 Å². The van der Waals surface area contributed by atoms with Gasteiger partial charge in [-0.2, -0.15) is 0 Å². The zero-order chi connectivity index (χ0) is 32.1. The zero-order valence-corrected chi connectivity index (χ0v) is 26.6. The van der Waals surface area contributed by atoms with Crippen molar-refractivity contribution < 1.29 is 4.42 Å². The Labute approximate surface area is 282 Å². The molecule has 11 rings (SSSR count). The maximum absolute atomic E-state index is 6.37. The van der Waals surface area contributed by atoms with Gasteiger partial charge in [0.05, 0.1) is 0 Å². The molecule has 226 valence electrons. The van der Waals surface area contributed by atoms with Crippen LogP contribution in [0.5, 0.6) is 0 Å². The van der Waals surface area contributed by atoms with E-state index in [-0.39, 0.29) is 0 Å². The molecule has 0 bridgehead atoms. The van der Waals surface area contributed by atoms with E-state index < -0.39 is 0 Å². The highest BCUT2D eigenvalue weighted by atomic mass is 16.3. The Morgan fingerprint density at radius 3 is 1.53 bits per heavy atom. The van der Waals surface area contributed by atoms with Crippen molar-refractivity contribution in [3.63, 3.8) is 0 Å². The molecular weight excluding hydrogens is 593 g/mol. The minimum Gasteiger partial charge on any atom is -0.456 e. The number of benzene rings is 10. The van der Waals surface area contributed by atoms with Crippen LogP contribution in [0.1, 0.15) is 0 Å². The van der Waals surface area contributed by atoms with Gasteiger partial charge in [-0.05, 0) is 105 Å². The highest BCUT2D eigenvalue weighted by molar-refractivity contribution is 6.30. The lowest BCUT2D eigenvalue weighted by atomic mass is 9.82. The van der Waals surface area contributed by atoms with Crippen molar-refractivity contribution in [2.45, 2.75) is 0 Å². The molecule has 0 radical (unpaired) electrons. The second-order valence-electron chi connectivity index (χ2n) is 13.1. The van der Waals surface area contributed by atoms with Crippen LogP contribution < -0.4 is 0 Å². The van der Waals surface area contributed by atoms with E-state index >= 15 is 0 Å². The molecule has 0 N–H and O–H groups in total. The molecular formula is C48H28O. The first-order chi connectivity index (χ1) is 24.3. The van der Waals surface area contributed by atoms with Crippen molar-refractivity contribution in [2.75, 3.05) is 0 Å². The summed E-state index contributed by atoms with van der Waals surface area (Å²) in [6.45, 7) is 0. The summed E-state index contributed by atoms with van der Waals surface area (Å²) in [6.07, 6.45) is 0. The molecule has 0 saturated heterocycles. The first-order valence-electron chi connectivity index (χ1n) is 16.9. The molecule has 0 aliphatic heterocycles. The SMILES string of the molecule is c1ccc(-c2cccc3c2ccc2ccccc23)c(-c2c3ccccc3c(-c3cc4cccc5oc6cccc3c6c45)c3ccccc23)c1. The van der Waals surface area contributed by atoms with Crippen molar-refractivity contribution in [3.8, 4) is 33.4 Å². The van der Waals surface area contributed by atoms with E-state index in [2.05, 4.69) is 170 Å². The normalized spacial score (nSPS) is 12.1. The van der Waals surface area contributed by atoms with Crippen molar-refractivity contribution in [1.82, 2.24) is 0 Å². The van der Waals surface area contributed by atoms with Crippen LogP contribution in [0.25, 0.3) is 109 Å². The third-order valence-electron chi connectivity index (χ3n) is 10.6. The molecule has 0 aliphatic carbocycles. The fourth-order valence-corrected chi connectivity index (χ4v) is 8.60. The van der Waals surface area contributed by atoms with E-state index in [0.717, 1.165) is 11.2 Å². The van der Waals surface area contributed by atoms with Gasteiger partial charge in [0.15, 0.2) is 0 Å². The Hall–Kier alpha value is -6.44. The highest BCUT2D eigenvalue weighted by Gasteiger charge is 2.23. The monoisotopic (exact) mass is 620 g/mol. The second-order valence-corrected chi connectivity index (χ2v) is 13.1. The summed E-state index contributed by atoms with van der Waals surface area (Å²) in [7, 11) is 0. The van der Waals surface area contributed by atoms with E-state index in [9.17, 15) is 0 Å². The third-order valence-corrected chi connectivity index (χ3v) is 10.6. The first kappa shape index (κ1) is 26.6. The largest absolute Gasteiger partial charge is 0.456 e. The van der Waals surface area contributed by atoms with Crippen LogP contribution in [0.15, 0.2) is 174 Å². The molecule has 0 unspecified atom stereocenters. The summed E-state index contributed by atoms with van der Waals surface area (Å²) >= 11 is 0. The summed E-state index contributed by atoms with van der Waals surface area (Å²) in [4.78, 5) is 0. The van der Waals surface area contributed by atoms with Crippen LogP contribution >= 0.6 is 0 Å². The van der Waals surface area contributed by atoms with E-state index in [1.165, 1.54) is 98.0 Å². The molecule has 1 heterocycles. The quantitative estimate of drug-likeness (QED) is 0.141. The van der Waals surface area contributed by atoms with Gasteiger partial charge < -0.3 is 4.42 Å². The van der Waals surface area contributed by atoms with Gasteiger partial charge in [-0.3, -0.25) is 0 Å². The fraction of sp³-hybridized carbons (Fsp3) is 0. The predicted molar refractivity (Wildman–Crippen MR) is 209 cm³/mol. The zero-order valence-electron chi connectivity index (χ0n) is 26.6. The maximum Gasteiger partial charge on any atom is 0.136 e. The Kier molecular flexibility index (Phi) is 5.45. The number of rotatable bonds is 3. The summed E-state index contributed by atoms with van der Waals surface area (Å²) < 4.78 is 6.37. The molecule has 0 fully saturated rings. The topological polar surface area (TPSA) is 13.1 Å². The number of furan rings is 1. The summed E-state index contributed by atoms with van der Waals surface area (Å²) in [5, 5.41) is 14.9. The lowest BCUT2D eigenvalue weighted by Gasteiger charge is -2.21. The first-order valence-corrected chi connectivity index (χ1v) is 16.9. The minimum atomic E-state index is 0.938. The molecule has 0 saturated carbocycles. The molecule has 0 atom stereocenters. The Balaban J connectivity index is 1.26. The Bertz CT molecular complexity index is 3050. The molecule has 11 aromatic rings. The van der Waals surface area contributed by atoms with Crippen LogP contribution in [0.2, 0.25) is 0 Å². The molecule has 0 amide bonds. The van der Waals surface area contributed by atoms with Gasteiger partial charge in [-0.1, -0.05) is 152 Å². The third kappa shape index (κ3) is 3.70. The van der Waals surface area contributed by atoms with E-state index in [1.54, 1.807) is 0 Å². The smallest absolute Gasteiger partial charge is 0.136 e. The van der Waals surface area contributed by atoms with Gasteiger partial charge in [0, 0.05) is 10.8 Å². The van der Waals surface area contributed by atoms with Gasteiger partial charge in [0.25, 0.3) is 0 Å². The van der Waals surface area contributed by atoms with Gasteiger partial charge in [0.1, 0.15) is 11.2 Å². The standard InChI is InChI=1S/C48H28O/c1-2-14-31-29(12-1)26-27-35-32(31)21-10-22-33(35)34-15-3-4-16-36(34)46-37-17-5-7-19-39(37)47(40-20-8-6-18-38(40)46)42-28-30-13-9-24-43-45(30)48-41(42)23-11-25-44(48)49-43/h1-28H. The Morgan fingerprint density at radius 1 is 0.265 bits per heavy atom. The summed E-state index contributed by atoms with van der Waals surface area (Å²) in [6, 6.07) is 62.2. The van der Waals surface area contributed by atoms with Crippen LogP contribution in [0, 0.1) is 0 Å². The van der Waals surface area contributed by atoms with Crippen molar-refractivity contribution in [3.05, 3.63) is 170 Å². The number of hydrogen-bond donors (Lipinski definition) is 0. The van der Waals surface area contributed by atoms with E-state index in [4.69, 9.17) is 4.42 Å². The van der Waals surface area contributed by atoms with Crippen LogP contribution in [0.3, 0.4) is 0 Å². The van der Waals surface area contributed by atoms with Gasteiger partial charge in [-0.25, -0.2) is 0 Å². The number of hydrogen-bond acceptors (Lipinski definition) is 1. The fourth-order valence-electron chi connectivity index (χ4n) is 8.60. The minimum absolute atomic E-state index is 0.938. The molecule has 1 heteroatoms. The van der Waals surface area contributed by atoms with Crippen LogP contribution in [-0.2, 0) is 0 Å². The molecule has 0 aliphatic rings. The van der Waals surface area contributed by atoms with Crippen LogP contribution in [0.4, 0.5) is 0 Å².